The Morgan fingerprint density at radius 1 is 1.25 bits per heavy atom. The second-order valence-corrected chi connectivity index (χ2v) is 5.19. The zero-order valence-corrected chi connectivity index (χ0v) is 12.6. The lowest BCUT2D eigenvalue weighted by molar-refractivity contribution is -0.0235. The van der Waals surface area contributed by atoms with Crippen LogP contribution in [0.2, 0.25) is 0 Å². The fraction of sp³-hybridized carbons (Fsp3) is 0.583. The van der Waals surface area contributed by atoms with Gasteiger partial charge in [0.2, 0.25) is 11.8 Å². The van der Waals surface area contributed by atoms with E-state index >= 15 is 0 Å². The van der Waals surface area contributed by atoms with E-state index < -0.39 is 24.4 Å². The lowest BCUT2D eigenvalue weighted by Crippen LogP contribution is -2.32. The second-order valence-electron chi connectivity index (χ2n) is 4.34. The summed E-state index contributed by atoms with van der Waals surface area (Å²) in [6.07, 6.45) is -4.04. The summed E-state index contributed by atoms with van der Waals surface area (Å²) in [6, 6.07) is 1.64. The van der Waals surface area contributed by atoms with Crippen LogP contribution in [0.15, 0.2) is 10.5 Å². The van der Waals surface area contributed by atoms with Gasteiger partial charge in [-0.15, -0.1) is 0 Å². The quantitative estimate of drug-likeness (QED) is 0.704. The largest absolute Gasteiger partial charge is 0.481 e. The number of pyridine rings is 1. The maximum absolute atomic E-state index is 10.0. The fourth-order valence-corrected chi connectivity index (χ4v) is 2.63. The zero-order chi connectivity index (χ0) is 14.9. The Hall–Kier alpha value is -0.930. The normalized spacial score (nSPS) is 29.5. The highest BCUT2D eigenvalue weighted by molar-refractivity contribution is 9.10. The molecule has 0 spiro atoms. The van der Waals surface area contributed by atoms with E-state index in [1.807, 2.05) is 0 Å². The van der Waals surface area contributed by atoms with Crippen LogP contribution in [0.4, 0.5) is 0 Å². The molecule has 1 fully saturated rings. The molecule has 2 heterocycles. The van der Waals surface area contributed by atoms with Gasteiger partial charge >= 0.3 is 0 Å². The van der Waals surface area contributed by atoms with Crippen LogP contribution in [-0.4, -0.2) is 59.4 Å². The third-order valence-corrected chi connectivity index (χ3v) is 3.74. The van der Waals surface area contributed by atoms with Crippen LogP contribution in [0, 0.1) is 0 Å². The van der Waals surface area contributed by atoms with Crippen molar-refractivity contribution in [1.29, 1.82) is 0 Å². The molecule has 112 valence electrons. The van der Waals surface area contributed by atoms with Gasteiger partial charge in [-0.2, -0.15) is 4.98 Å². The number of ether oxygens (including phenoxy) is 3. The molecule has 0 radical (unpaired) electrons. The first-order valence-corrected chi connectivity index (χ1v) is 6.73. The van der Waals surface area contributed by atoms with E-state index in [4.69, 9.17) is 19.3 Å². The van der Waals surface area contributed by atoms with Crippen molar-refractivity contribution in [3.05, 3.63) is 16.1 Å². The molecule has 0 amide bonds. The highest BCUT2D eigenvalue weighted by Gasteiger charge is 2.44. The maximum atomic E-state index is 10.0. The van der Waals surface area contributed by atoms with Crippen molar-refractivity contribution in [2.24, 2.45) is 0 Å². The summed E-state index contributed by atoms with van der Waals surface area (Å²) in [6.45, 7) is -0.387. The molecule has 4 atom stereocenters. The Morgan fingerprint density at radius 3 is 2.40 bits per heavy atom. The molecule has 20 heavy (non-hydrogen) atoms. The first-order valence-electron chi connectivity index (χ1n) is 5.94. The molecule has 1 aromatic rings. The fourth-order valence-electron chi connectivity index (χ4n) is 2.14. The van der Waals surface area contributed by atoms with Gasteiger partial charge in [-0.1, -0.05) is 0 Å². The topological polar surface area (TPSA) is 101 Å². The molecule has 2 rings (SSSR count). The molecule has 1 aliphatic heterocycles. The predicted molar refractivity (Wildman–Crippen MR) is 71.8 cm³/mol. The number of methoxy groups -OCH3 is 2. The summed E-state index contributed by atoms with van der Waals surface area (Å²) in [7, 11) is 2.90. The van der Waals surface area contributed by atoms with Crippen LogP contribution in [0.3, 0.4) is 0 Å². The number of halogens is 1. The van der Waals surface area contributed by atoms with Crippen molar-refractivity contribution in [2.75, 3.05) is 20.8 Å². The summed E-state index contributed by atoms with van der Waals surface area (Å²) < 4.78 is 16.2. The van der Waals surface area contributed by atoms with Crippen LogP contribution < -0.4 is 9.47 Å². The maximum Gasteiger partial charge on any atom is 0.231 e. The van der Waals surface area contributed by atoms with Crippen molar-refractivity contribution < 1.29 is 29.5 Å². The lowest BCUT2D eigenvalue weighted by Gasteiger charge is -2.18. The van der Waals surface area contributed by atoms with E-state index in [-0.39, 0.29) is 12.5 Å². The van der Waals surface area contributed by atoms with Crippen molar-refractivity contribution in [2.45, 2.75) is 24.4 Å². The average Bonchev–Trinajstić information content (AvgIpc) is 2.74. The Morgan fingerprint density at radius 2 is 1.90 bits per heavy atom. The molecule has 7 nitrogen and oxygen atoms in total. The number of hydrogen-bond donors (Lipinski definition) is 3. The molecule has 1 aromatic heterocycles. The minimum absolute atomic E-state index is 0.222. The van der Waals surface area contributed by atoms with Gasteiger partial charge in [0, 0.05) is 5.56 Å². The third-order valence-electron chi connectivity index (χ3n) is 3.17. The third kappa shape index (κ3) is 2.61. The minimum atomic E-state index is -1.18. The first kappa shape index (κ1) is 15.5. The SMILES string of the molecule is COc1nc(OC)c([C@@H]2O[C@H](CO)[C@@H](O)[C@H]2O)cc1Br. The van der Waals surface area contributed by atoms with E-state index in [0.29, 0.717) is 15.9 Å². The monoisotopic (exact) mass is 349 g/mol. The highest BCUT2D eigenvalue weighted by Crippen LogP contribution is 2.40. The van der Waals surface area contributed by atoms with Gasteiger partial charge in [-0.05, 0) is 22.0 Å². The van der Waals surface area contributed by atoms with E-state index in [1.54, 1.807) is 6.07 Å². The second kappa shape index (κ2) is 6.23. The summed E-state index contributed by atoms with van der Waals surface area (Å²) in [4.78, 5) is 4.14. The highest BCUT2D eigenvalue weighted by atomic mass is 79.9. The number of aliphatic hydroxyl groups excluding tert-OH is 3. The van der Waals surface area contributed by atoms with Crippen LogP contribution in [-0.2, 0) is 4.74 Å². The van der Waals surface area contributed by atoms with Gasteiger partial charge < -0.3 is 29.5 Å². The number of aromatic nitrogens is 1. The summed E-state index contributed by atoms with van der Waals surface area (Å²) in [5, 5.41) is 28.9. The number of aliphatic hydroxyl groups is 3. The first-order chi connectivity index (χ1) is 9.53. The molecule has 0 bridgehead atoms. The zero-order valence-electron chi connectivity index (χ0n) is 11.0. The van der Waals surface area contributed by atoms with Crippen LogP contribution in [0.1, 0.15) is 11.7 Å². The summed E-state index contributed by atoms with van der Waals surface area (Å²) in [5.74, 6) is 0.553. The lowest BCUT2D eigenvalue weighted by atomic mass is 10.0. The molecular formula is C12H16BrNO6. The summed E-state index contributed by atoms with van der Waals surface area (Å²) >= 11 is 3.29. The Balaban J connectivity index is 2.40. The van der Waals surface area contributed by atoms with Crippen LogP contribution in [0.25, 0.3) is 0 Å². The average molecular weight is 350 g/mol. The molecule has 0 aromatic carbocycles. The van der Waals surface area contributed by atoms with E-state index in [9.17, 15) is 10.2 Å². The molecule has 1 aliphatic rings. The van der Waals surface area contributed by atoms with Gasteiger partial charge in [0.15, 0.2) is 0 Å². The van der Waals surface area contributed by atoms with Gasteiger partial charge in [0.05, 0.1) is 25.3 Å². The number of rotatable bonds is 4. The Kier molecular flexibility index (Phi) is 4.82. The Labute approximate surface area is 124 Å². The van der Waals surface area contributed by atoms with Crippen LogP contribution >= 0.6 is 15.9 Å². The van der Waals surface area contributed by atoms with E-state index in [2.05, 4.69) is 20.9 Å². The molecule has 1 saturated heterocycles. The van der Waals surface area contributed by atoms with Crippen molar-refractivity contribution in [3.63, 3.8) is 0 Å². The number of nitrogens with zero attached hydrogens (tertiary/aromatic N) is 1. The smallest absolute Gasteiger partial charge is 0.231 e. The molecule has 0 unspecified atom stereocenters. The van der Waals surface area contributed by atoms with Crippen molar-refractivity contribution in [3.8, 4) is 11.8 Å². The number of hydrogen-bond acceptors (Lipinski definition) is 7. The molecular weight excluding hydrogens is 334 g/mol. The predicted octanol–water partition coefficient (Wildman–Crippen LogP) is 0.0153. The van der Waals surface area contributed by atoms with E-state index in [1.165, 1.54) is 14.2 Å². The van der Waals surface area contributed by atoms with Crippen LogP contribution in [0.5, 0.6) is 11.8 Å². The van der Waals surface area contributed by atoms with Gasteiger partial charge in [0.1, 0.15) is 24.4 Å². The van der Waals surface area contributed by atoms with Crippen molar-refractivity contribution in [1.82, 2.24) is 4.98 Å². The standard InChI is InChI=1S/C12H16BrNO6/c1-18-11-5(3-6(13)12(14-11)19-2)10-9(17)8(16)7(4-15)20-10/h3,7-10,15-17H,4H2,1-2H3/t7-,8-,9-,10+/m1/s1. The minimum Gasteiger partial charge on any atom is -0.481 e. The Bertz CT molecular complexity index is 485. The molecule has 0 saturated carbocycles. The molecule has 0 aliphatic carbocycles. The van der Waals surface area contributed by atoms with Gasteiger partial charge in [-0.25, -0.2) is 0 Å². The van der Waals surface area contributed by atoms with E-state index in [0.717, 1.165) is 0 Å². The van der Waals surface area contributed by atoms with Gasteiger partial charge in [-0.3, -0.25) is 0 Å². The van der Waals surface area contributed by atoms with Gasteiger partial charge in [0.25, 0.3) is 0 Å². The molecule has 3 N–H and O–H groups in total. The van der Waals surface area contributed by atoms with Crippen molar-refractivity contribution >= 4 is 15.9 Å². The summed E-state index contributed by atoms with van der Waals surface area (Å²) in [5.41, 5.74) is 0.461. The molecule has 8 heteroatoms.